The number of ether oxygens (including phenoxy) is 3. The fraction of sp³-hybridized carbons (Fsp3) is 0.375. The van der Waals surface area contributed by atoms with Crippen LogP contribution < -0.4 is 0 Å². The Morgan fingerprint density at radius 1 is 1.13 bits per heavy atom. The molecule has 0 amide bonds. The van der Waals surface area contributed by atoms with Crippen molar-refractivity contribution in [2.24, 2.45) is 0 Å². The van der Waals surface area contributed by atoms with Gasteiger partial charge in [0.25, 0.3) is 0 Å². The minimum absolute atomic E-state index is 0.0983. The molecule has 0 N–H and O–H groups in total. The van der Waals surface area contributed by atoms with E-state index in [1.165, 1.54) is 11.1 Å². The zero-order valence-electron chi connectivity index (χ0n) is 17.2. The average Bonchev–Trinajstić information content (AvgIpc) is 3.40. The highest BCUT2D eigenvalue weighted by Gasteiger charge is 2.41. The molecule has 3 aromatic rings. The van der Waals surface area contributed by atoms with Gasteiger partial charge in [0.2, 0.25) is 0 Å². The maximum Gasteiger partial charge on any atom is 0.187 e. The molecule has 0 saturated carbocycles. The van der Waals surface area contributed by atoms with E-state index in [2.05, 4.69) is 36.2 Å². The molecule has 1 aliphatic heterocycles. The largest absolute Gasteiger partial charge is 0.374 e. The monoisotopic (exact) mass is 426 g/mol. The van der Waals surface area contributed by atoms with Crippen molar-refractivity contribution < 1.29 is 14.2 Å². The highest BCUT2D eigenvalue weighted by Crippen LogP contribution is 2.31. The van der Waals surface area contributed by atoms with Gasteiger partial charge < -0.3 is 18.8 Å². The van der Waals surface area contributed by atoms with Crippen LogP contribution in [-0.4, -0.2) is 34.7 Å². The predicted molar refractivity (Wildman–Crippen MR) is 116 cm³/mol. The van der Waals surface area contributed by atoms with Gasteiger partial charge in [-0.05, 0) is 36.6 Å². The second kappa shape index (κ2) is 9.75. The first kappa shape index (κ1) is 21.1. The lowest BCUT2D eigenvalue weighted by Gasteiger charge is -2.28. The summed E-state index contributed by atoms with van der Waals surface area (Å²) in [4.78, 5) is 4.15. The number of aryl methyl sites for hydroxylation is 2. The summed E-state index contributed by atoms with van der Waals surface area (Å²) in [5.74, 6) is -0.681. The highest BCUT2D eigenvalue weighted by atomic mass is 35.5. The summed E-state index contributed by atoms with van der Waals surface area (Å²) in [6.45, 7) is 4.23. The van der Waals surface area contributed by atoms with Crippen LogP contribution in [0.3, 0.4) is 0 Å². The van der Waals surface area contributed by atoms with E-state index < -0.39 is 5.79 Å². The van der Waals surface area contributed by atoms with Crippen LogP contribution >= 0.6 is 11.6 Å². The summed E-state index contributed by atoms with van der Waals surface area (Å²) in [5.41, 5.74) is 3.63. The van der Waals surface area contributed by atoms with E-state index in [1.807, 2.05) is 35.0 Å². The summed E-state index contributed by atoms with van der Waals surface area (Å²) < 4.78 is 20.5. The van der Waals surface area contributed by atoms with E-state index in [4.69, 9.17) is 25.8 Å². The lowest BCUT2D eigenvalue weighted by atomic mass is 10.0. The number of nitrogens with zero attached hydrogens (tertiary/aromatic N) is 2. The van der Waals surface area contributed by atoms with Gasteiger partial charge in [-0.3, -0.25) is 0 Å². The van der Waals surface area contributed by atoms with Gasteiger partial charge in [0.1, 0.15) is 6.10 Å². The van der Waals surface area contributed by atoms with Crippen LogP contribution in [-0.2, 0) is 33.8 Å². The first-order valence-electron chi connectivity index (χ1n) is 10.3. The van der Waals surface area contributed by atoms with Crippen LogP contribution in [0.25, 0.3) is 0 Å². The fourth-order valence-corrected chi connectivity index (χ4v) is 3.75. The topological polar surface area (TPSA) is 45.5 Å². The van der Waals surface area contributed by atoms with Crippen molar-refractivity contribution in [2.45, 2.75) is 44.8 Å². The molecule has 0 aliphatic carbocycles. The molecule has 5 nitrogen and oxygen atoms in total. The van der Waals surface area contributed by atoms with Crippen molar-refractivity contribution in [2.75, 3.05) is 13.2 Å². The number of imidazole rings is 1. The van der Waals surface area contributed by atoms with Gasteiger partial charge >= 0.3 is 0 Å². The molecule has 0 radical (unpaired) electrons. The summed E-state index contributed by atoms with van der Waals surface area (Å²) in [6, 6.07) is 16.3. The maximum atomic E-state index is 6.41. The van der Waals surface area contributed by atoms with Crippen LogP contribution in [0, 0.1) is 6.92 Å². The quantitative estimate of drug-likeness (QED) is 0.492. The van der Waals surface area contributed by atoms with Crippen LogP contribution in [0.15, 0.2) is 67.3 Å². The summed E-state index contributed by atoms with van der Waals surface area (Å²) in [6.07, 6.45) is 7.05. The maximum absolute atomic E-state index is 6.41. The Morgan fingerprint density at radius 2 is 1.90 bits per heavy atom. The zero-order valence-corrected chi connectivity index (χ0v) is 17.9. The van der Waals surface area contributed by atoms with Crippen molar-refractivity contribution in [3.8, 4) is 0 Å². The Kier molecular flexibility index (Phi) is 6.85. The van der Waals surface area contributed by atoms with Crippen molar-refractivity contribution >= 4 is 11.6 Å². The molecule has 30 heavy (non-hydrogen) atoms. The van der Waals surface area contributed by atoms with E-state index >= 15 is 0 Å². The van der Waals surface area contributed by atoms with Gasteiger partial charge in [0.15, 0.2) is 5.79 Å². The fourth-order valence-electron chi connectivity index (χ4n) is 3.63. The van der Waals surface area contributed by atoms with Gasteiger partial charge in [-0.2, -0.15) is 0 Å². The van der Waals surface area contributed by atoms with Crippen LogP contribution in [0.2, 0.25) is 5.02 Å². The molecule has 0 bridgehead atoms. The highest BCUT2D eigenvalue weighted by molar-refractivity contribution is 6.30. The Balaban J connectivity index is 1.35. The van der Waals surface area contributed by atoms with Gasteiger partial charge in [0, 0.05) is 23.8 Å². The van der Waals surface area contributed by atoms with Crippen LogP contribution in [0.5, 0.6) is 0 Å². The lowest BCUT2D eigenvalue weighted by molar-refractivity contribution is -0.187. The number of rotatable bonds is 9. The minimum atomic E-state index is -0.681. The second-order valence-corrected chi connectivity index (χ2v) is 8.26. The van der Waals surface area contributed by atoms with E-state index in [-0.39, 0.29) is 6.10 Å². The Bertz CT molecular complexity index is 913. The van der Waals surface area contributed by atoms with Crippen LogP contribution in [0.4, 0.5) is 0 Å². The zero-order chi connectivity index (χ0) is 20.8. The Hall–Kier alpha value is -2.18. The molecule has 1 saturated heterocycles. The average molecular weight is 427 g/mol. The molecule has 0 spiro atoms. The van der Waals surface area contributed by atoms with Crippen molar-refractivity contribution in [3.63, 3.8) is 0 Å². The summed E-state index contributed by atoms with van der Waals surface area (Å²) >= 11 is 5.94. The van der Waals surface area contributed by atoms with Crippen LogP contribution in [0.1, 0.15) is 23.1 Å². The summed E-state index contributed by atoms with van der Waals surface area (Å²) in [7, 11) is 0. The van der Waals surface area contributed by atoms with E-state index in [9.17, 15) is 0 Å². The van der Waals surface area contributed by atoms with Gasteiger partial charge in [-0.25, -0.2) is 4.98 Å². The van der Waals surface area contributed by atoms with E-state index in [0.29, 0.717) is 26.4 Å². The van der Waals surface area contributed by atoms with Crippen molar-refractivity contribution in [1.29, 1.82) is 0 Å². The molecule has 158 valence electrons. The number of benzene rings is 2. The molecule has 6 heteroatoms. The molecule has 2 atom stereocenters. The normalized spacial score (nSPS) is 21.2. The first-order valence-corrected chi connectivity index (χ1v) is 10.6. The lowest BCUT2D eigenvalue weighted by Crippen LogP contribution is -2.37. The molecule has 1 fully saturated rings. The smallest absolute Gasteiger partial charge is 0.187 e. The van der Waals surface area contributed by atoms with Crippen molar-refractivity contribution in [1.82, 2.24) is 9.55 Å². The second-order valence-electron chi connectivity index (χ2n) is 7.82. The molecule has 2 unspecified atom stereocenters. The molecule has 1 aromatic heterocycles. The van der Waals surface area contributed by atoms with E-state index in [1.54, 1.807) is 12.5 Å². The SMILES string of the molecule is Cc1ccc(CCC2(Cn3ccnc3)OCC(COCc3ccc(Cl)cc3)O2)cc1. The first-order chi connectivity index (χ1) is 14.6. The number of hydrogen-bond acceptors (Lipinski definition) is 4. The number of halogens is 1. The third-order valence-corrected chi connectivity index (χ3v) is 5.55. The van der Waals surface area contributed by atoms with Crippen molar-refractivity contribution in [3.05, 3.63) is 89.0 Å². The number of hydrogen-bond donors (Lipinski definition) is 0. The third kappa shape index (κ3) is 5.70. The van der Waals surface area contributed by atoms with Gasteiger partial charge in [-0.15, -0.1) is 0 Å². The van der Waals surface area contributed by atoms with Gasteiger partial charge in [-0.1, -0.05) is 53.6 Å². The molecule has 2 aromatic carbocycles. The Labute approximate surface area is 182 Å². The minimum Gasteiger partial charge on any atom is -0.374 e. The molecule has 2 heterocycles. The molecular weight excluding hydrogens is 400 g/mol. The molecular formula is C24H27ClN2O3. The molecule has 4 rings (SSSR count). The van der Waals surface area contributed by atoms with Gasteiger partial charge in [0.05, 0.1) is 32.7 Å². The molecule has 1 aliphatic rings. The predicted octanol–water partition coefficient (Wildman–Crippen LogP) is 4.81. The summed E-state index contributed by atoms with van der Waals surface area (Å²) in [5, 5.41) is 0.726. The third-order valence-electron chi connectivity index (χ3n) is 5.30. The Morgan fingerprint density at radius 3 is 2.63 bits per heavy atom. The standard InChI is InChI=1S/C24H27ClN2O3/c1-19-2-4-20(5-3-19)10-11-24(17-27-13-12-26-18-27)29-16-23(30-24)15-28-14-21-6-8-22(25)9-7-21/h2-9,12-13,18,23H,10-11,14-17H2,1H3. The number of aromatic nitrogens is 2. The van der Waals surface area contributed by atoms with E-state index in [0.717, 1.165) is 23.4 Å².